The van der Waals surface area contributed by atoms with Crippen LogP contribution in [-0.4, -0.2) is 30.9 Å². The minimum Gasteiger partial charge on any atom is -0.462 e. The lowest BCUT2D eigenvalue weighted by molar-refractivity contribution is 0.0525. The molecule has 0 spiro atoms. The molecule has 0 unspecified atom stereocenters. The molecule has 1 rings (SSSR count). The fraction of sp³-hybridized carbons (Fsp3) is 0.643. The summed E-state index contributed by atoms with van der Waals surface area (Å²) < 4.78 is 12.1. The first-order chi connectivity index (χ1) is 8.58. The SMILES string of the molecule is CCOC(=O)c1cn(CCOC)cc1CC(C)C. The summed E-state index contributed by atoms with van der Waals surface area (Å²) in [4.78, 5) is 11.9. The standard InChI is InChI=1S/C14H23NO3/c1-5-18-14(16)13-10-15(6-7-17-4)9-12(13)8-11(2)3/h9-11H,5-8H2,1-4H3. The lowest BCUT2D eigenvalue weighted by Crippen LogP contribution is -2.07. The summed E-state index contributed by atoms with van der Waals surface area (Å²) in [5, 5.41) is 0. The van der Waals surface area contributed by atoms with Gasteiger partial charge in [-0.05, 0) is 24.8 Å². The predicted octanol–water partition coefficient (Wildman–Crippen LogP) is 2.51. The normalized spacial score (nSPS) is 10.9. The minimum atomic E-state index is -0.232. The zero-order chi connectivity index (χ0) is 13.5. The van der Waals surface area contributed by atoms with Crippen molar-refractivity contribution < 1.29 is 14.3 Å². The maximum absolute atomic E-state index is 11.9. The van der Waals surface area contributed by atoms with E-state index in [1.807, 2.05) is 23.9 Å². The number of carbonyl (C=O) groups excluding carboxylic acids is 1. The minimum absolute atomic E-state index is 0.232. The van der Waals surface area contributed by atoms with Crippen LogP contribution in [0.15, 0.2) is 12.4 Å². The van der Waals surface area contributed by atoms with E-state index in [0.717, 1.165) is 18.5 Å². The second-order valence-corrected chi connectivity index (χ2v) is 4.75. The van der Waals surface area contributed by atoms with Gasteiger partial charge in [-0.3, -0.25) is 0 Å². The molecule has 1 aromatic heterocycles. The van der Waals surface area contributed by atoms with Gasteiger partial charge in [-0.25, -0.2) is 4.79 Å². The van der Waals surface area contributed by atoms with Gasteiger partial charge in [0.05, 0.1) is 18.8 Å². The van der Waals surface area contributed by atoms with Crippen LogP contribution in [-0.2, 0) is 22.4 Å². The van der Waals surface area contributed by atoms with Crippen molar-refractivity contribution in [2.24, 2.45) is 5.92 Å². The zero-order valence-corrected chi connectivity index (χ0v) is 11.7. The van der Waals surface area contributed by atoms with Gasteiger partial charge in [0.2, 0.25) is 0 Å². The van der Waals surface area contributed by atoms with E-state index in [-0.39, 0.29) is 5.97 Å². The predicted molar refractivity (Wildman–Crippen MR) is 70.8 cm³/mol. The molecule has 0 aliphatic carbocycles. The maximum Gasteiger partial charge on any atom is 0.339 e. The molecule has 0 fully saturated rings. The number of nitrogens with zero attached hydrogens (tertiary/aromatic N) is 1. The Morgan fingerprint density at radius 2 is 2.11 bits per heavy atom. The Labute approximate surface area is 109 Å². The van der Waals surface area contributed by atoms with Crippen LogP contribution in [0.25, 0.3) is 0 Å². The van der Waals surface area contributed by atoms with E-state index < -0.39 is 0 Å². The van der Waals surface area contributed by atoms with Crippen molar-refractivity contribution in [1.82, 2.24) is 4.57 Å². The van der Waals surface area contributed by atoms with Crippen LogP contribution in [0.1, 0.15) is 36.7 Å². The molecule has 0 aromatic carbocycles. The number of carbonyl (C=O) groups is 1. The number of hydrogen-bond donors (Lipinski definition) is 0. The molecule has 0 saturated heterocycles. The molecule has 0 aliphatic heterocycles. The smallest absolute Gasteiger partial charge is 0.339 e. The molecule has 1 aromatic rings. The summed E-state index contributed by atoms with van der Waals surface area (Å²) in [6.45, 7) is 7.90. The second kappa shape index (κ2) is 7.21. The monoisotopic (exact) mass is 253 g/mol. The molecule has 102 valence electrons. The highest BCUT2D eigenvalue weighted by Gasteiger charge is 2.16. The molecular weight excluding hydrogens is 230 g/mol. The average molecular weight is 253 g/mol. The molecule has 0 aliphatic rings. The summed E-state index contributed by atoms with van der Waals surface area (Å²) >= 11 is 0. The van der Waals surface area contributed by atoms with E-state index in [9.17, 15) is 4.79 Å². The number of aromatic nitrogens is 1. The number of methoxy groups -OCH3 is 1. The van der Waals surface area contributed by atoms with Crippen molar-refractivity contribution in [2.45, 2.75) is 33.7 Å². The fourth-order valence-electron chi connectivity index (χ4n) is 1.88. The van der Waals surface area contributed by atoms with Gasteiger partial charge >= 0.3 is 5.97 Å². The molecule has 18 heavy (non-hydrogen) atoms. The Kier molecular flexibility index (Phi) is 5.92. The van der Waals surface area contributed by atoms with Crippen LogP contribution >= 0.6 is 0 Å². The summed E-state index contributed by atoms with van der Waals surface area (Å²) in [5.41, 5.74) is 1.74. The van der Waals surface area contributed by atoms with Crippen molar-refractivity contribution in [1.29, 1.82) is 0 Å². The summed E-state index contributed by atoms with van der Waals surface area (Å²) in [5.74, 6) is 0.278. The molecule has 0 amide bonds. The van der Waals surface area contributed by atoms with Crippen LogP contribution < -0.4 is 0 Å². The zero-order valence-electron chi connectivity index (χ0n) is 11.7. The maximum atomic E-state index is 11.9. The van der Waals surface area contributed by atoms with Crippen molar-refractivity contribution in [3.8, 4) is 0 Å². The van der Waals surface area contributed by atoms with E-state index in [0.29, 0.717) is 24.7 Å². The van der Waals surface area contributed by atoms with E-state index in [2.05, 4.69) is 13.8 Å². The molecule has 4 heteroatoms. The Hall–Kier alpha value is -1.29. The van der Waals surface area contributed by atoms with Crippen molar-refractivity contribution in [3.63, 3.8) is 0 Å². The Morgan fingerprint density at radius 3 is 2.67 bits per heavy atom. The lowest BCUT2D eigenvalue weighted by Gasteiger charge is -2.05. The molecule has 0 bridgehead atoms. The molecule has 1 heterocycles. The Bertz CT molecular complexity index is 382. The summed E-state index contributed by atoms with van der Waals surface area (Å²) in [7, 11) is 1.67. The molecule has 0 N–H and O–H groups in total. The average Bonchev–Trinajstić information content (AvgIpc) is 2.69. The highest BCUT2D eigenvalue weighted by Crippen LogP contribution is 2.17. The van der Waals surface area contributed by atoms with E-state index in [1.54, 1.807) is 7.11 Å². The first-order valence-corrected chi connectivity index (χ1v) is 6.43. The van der Waals surface area contributed by atoms with Crippen molar-refractivity contribution in [2.75, 3.05) is 20.3 Å². The van der Waals surface area contributed by atoms with Gasteiger partial charge in [0, 0.05) is 26.0 Å². The first kappa shape index (κ1) is 14.8. The highest BCUT2D eigenvalue weighted by atomic mass is 16.5. The lowest BCUT2D eigenvalue weighted by atomic mass is 10.0. The number of ether oxygens (including phenoxy) is 2. The molecule has 0 radical (unpaired) electrons. The van der Waals surface area contributed by atoms with Gasteiger partial charge in [0.1, 0.15) is 0 Å². The summed E-state index contributed by atoms with van der Waals surface area (Å²) in [6.07, 6.45) is 4.76. The third kappa shape index (κ3) is 4.18. The quantitative estimate of drug-likeness (QED) is 0.701. The molecule has 4 nitrogen and oxygen atoms in total. The third-order valence-corrected chi connectivity index (χ3v) is 2.64. The Morgan fingerprint density at radius 1 is 1.39 bits per heavy atom. The van der Waals surface area contributed by atoms with E-state index in [1.165, 1.54) is 0 Å². The Balaban J connectivity index is 2.89. The van der Waals surface area contributed by atoms with Crippen LogP contribution in [0, 0.1) is 5.92 Å². The molecule has 0 saturated carbocycles. The number of rotatable bonds is 7. The van der Waals surface area contributed by atoms with Crippen molar-refractivity contribution >= 4 is 5.97 Å². The number of esters is 1. The van der Waals surface area contributed by atoms with Crippen LogP contribution in [0.3, 0.4) is 0 Å². The topological polar surface area (TPSA) is 40.5 Å². The fourth-order valence-corrected chi connectivity index (χ4v) is 1.88. The largest absolute Gasteiger partial charge is 0.462 e. The molecule has 0 atom stereocenters. The van der Waals surface area contributed by atoms with Crippen LogP contribution in [0.4, 0.5) is 0 Å². The molecular formula is C14H23NO3. The van der Waals surface area contributed by atoms with Gasteiger partial charge in [-0.15, -0.1) is 0 Å². The highest BCUT2D eigenvalue weighted by molar-refractivity contribution is 5.91. The first-order valence-electron chi connectivity index (χ1n) is 6.43. The van der Waals surface area contributed by atoms with Gasteiger partial charge < -0.3 is 14.0 Å². The second-order valence-electron chi connectivity index (χ2n) is 4.75. The van der Waals surface area contributed by atoms with Gasteiger partial charge in [-0.1, -0.05) is 13.8 Å². The summed E-state index contributed by atoms with van der Waals surface area (Å²) in [6, 6.07) is 0. The van der Waals surface area contributed by atoms with Gasteiger partial charge in [-0.2, -0.15) is 0 Å². The van der Waals surface area contributed by atoms with Crippen LogP contribution in [0.2, 0.25) is 0 Å². The van der Waals surface area contributed by atoms with E-state index >= 15 is 0 Å². The van der Waals surface area contributed by atoms with Crippen molar-refractivity contribution in [3.05, 3.63) is 23.5 Å². The third-order valence-electron chi connectivity index (χ3n) is 2.64. The van der Waals surface area contributed by atoms with Crippen LogP contribution in [0.5, 0.6) is 0 Å². The number of hydrogen-bond acceptors (Lipinski definition) is 3. The van der Waals surface area contributed by atoms with Gasteiger partial charge in [0.15, 0.2) is 0 Å². The van der Waals surface area contributed by atoms with E-state index in [4.69, 9.17) is 9.47 Å². The van der Waals surface area contributed by atoms with Gasteiger partial charge in [0.25, 0.3) is 0 Å².